The highest BCUT2D eigenvalue weighted by atomic mass is 32.2. The third-order valence-corrected chi connectivity index (χ3v) is 7.46. The minimum absolute atomic E-state index is 0.0199. The second-order valence-corrected chi connectivity index (χ2v) is 10.1. The SMILES string of the molecule is O=C(NCCS(=O)(=O)N1CCc2ccccc21)Nc1ccc(-c2n[nH]c(C3CC3)n2)cc1. The van der Waals surface area contributed by atoms with Crippen molar-refractivity contribution in [1.29, 1.82) is 0 Å². The molecule has 9 nitrogen and oxygen atoms in total. The van der Waals surface area contributed by atoms with E-state index < -0.39 is 16.1 Å². The van der Waals surface area contributed by atoms with Crippen LogP contribution in [0.2, 0.25) is 0 Å². The number of carbonyl (C=O) groups excluding carboxylic acids is 1. The van der Waals surface area contributed by atoms with Gasteiger partial charge in [-0.25, -0.2) is 18.2 Å². The van der Waals surface area contributed by atoms with Gasteiger partial charge in [-0.05, 0) is 55.2 Å². The maximum Gasteiger partial charge on any atom is 0.319 e. The van der Waals surface area contributed by atoms with Crippen LogP contribution in [0, 0.1) is 0 Å². The summed E-state index contributed by atoms with van der Waals surface area (Å²) in [4.78, 5) is 16.7. The Kier molecular flexibility index (Phi) is 5.30. The predicted octanol–water partition coefficient (Wildman–Crippen LogP) is 2.86. The first kappa shape index (κ1) is 20.5. The molecule has 1 saturated carbocycles. The predicted molar refractivity (Wildman–Crippen MR) is 122 cm³/mol. The Bertz CT molecular complexity index is 1230. The molecule has 166 valence electrons. The summed E-state index contributed by atoms with van der Waals surface area (Å²) in [6, 6.07) is 14.2. The van der Waals surface area contributed by atoms with Crippen LogP contribution in [-0.2, 0) is 16.4 Å². The lowest BCUT2D eigenvalue weighted by Crippen LogP contribution is -2.38. The van der Waals surface area contributed by atoms with Gasteiger partial charge in [-0.3, -0.25) is 9.40 Å². The standard InChI is InChI=1S/C22H24N6O3S/c29-22(23-12-14-32(30,31)28-13-11-15-3-1-2-4-19(15)28)24-18-9-7-17(8-10-18)21-25-20(26-27-21)16-5-6-16/h1-4,7-10,16H,5-6,11-14H2,(H2,23,24,29)(H,25,26,27). The van der Waals surface area contributed by atoms with Crippen molar-refractivity contribution in [2.45, 2.75) is 25.2 Å². The molecular formula is C22H24N6O3S. The van der Waals surface area contributed by atoms with Crippen LogP contribution in [0.1, 0.15) is 30.1 Å². The molecule has 2 aromatic carbocycles. The molecule has 0 spiro atoms. The average Bonchev–Trinajstić information content (AvgIpc) is 3.34. The van der Waals surface area contributed by atoms with E-state index in [9.17, 15) is 13.2 Å². The Balaban J connectivity index is 1.12. The maximum atomic E-state index is 12.7. The van der Waals surface area contributed by atoms with Crippen LogP contribution in [0.3, 0.4) is 0 Å². The van der Waals surface area contributed by atoms with Crippen LogP contribution in [-0.4, -0.2) is 48.5 Å². The van der Waals surface area contributed by atoms with Gasteiger partial charge < -0.3 is 10.6 Å². The van der Waals surface area contributed by atoms with Crippen LogP contribution in [0.4, 0.5) is 16.2 Å². The fourth-order valence-corrected chi connectivity index (χ4v) is 5.25. The number of para-hydroxylation sites is 1. The highest BCUT2D eigenvalue weighted by Gasteiger charge is 2.29. The molecule has 3 N–H and O–H groups in total. The van der Waals surface area contributed by atoms with Gasteiger partial charge >= 0.3 is 6.03 Å². The number of carbonyl (C=O) groups is 1. The molecule has 0 bridgehead atoms. The Labute approximate surface area is 186 Å². The number of amides is 2. The van der Waals surface area contributed by atoms with E-state index in [1.54, 1.807) is 12.1 Å². The quantitative estimate of drug-likeness (QED) is 0.509. The van der Waals surface area contributed by atoms with Crippen molar-refractivity contribution in [3.63, 3.8) is 0 Å². The number of hydrogen-bond donors (Lipinski definition) is 3. The first-order valence-electron chi connectivity index (χ1n) is 10.7. The summed E-state index contributed by atoms with van der Waals surface area (Å²) in [5, 5.41) is 12.6. The summed E-state index contributed by atoms with van der Waals surface area (Å²) < 4.78 is 26.8. The van der Waals surface area contributed by atoms with Gasteiger partial charge in [0.25, 0.3) is 0 Å². The van der Waals surface area contributed by atoms with Crippen molar-refractivity contribution in [1.82, 2.24) is 20.5 Å². The third-order valence-electron chi connectivity index (χ3n) is 5.69. The Hall–Kier alpha value is -3.40. The van der Waals surface area contributed by atoms with E-state index in [-0.39, 0.29) is 12.3 Å². The zero-order valence-corrected chi connectivity index (χ0v) is 18.2. The van der Waals surface area contributed by atoms with Crippen LogP contribution in [0.5, 0.6) is 0 Å². The van der Waals surface area contributed by atoms with E-state index >= 15 is 0 Å². The van der Waals surface area contributed by atoms with Crippen molar-refractivity contribution in [2.24, 2.45) is 0 Å². The van der Waals surface area contributed by atoms with Gasteiger partial charge in [-0.15, -0.1) is 0 Å². The molecule has 10 heteroatoms. The second-order valence-electron chi connectivity index (χ2n) is 8.04. The molecule has 1 fully saturated rings. The number of hydrogen-bond acceptors (Lipinski definition) is 5. The lowest BCUT2D eigenvalue weighted by Gasteiger charge is -2.19. The van der Waals surface area contributed by atoms with E-state index in [0.717, 1.165) is 35.5 Å². The monoisotopic (exact) mass is 452 g/mol. The van der Waals surface area contributed by atoms with Crippen LogP contribution < -0.4 is 14.9 Å². The number of rotatable bonds is 7. The highest BCUT2D eigenvalue weighted by Crippen LogP contribution is 2.38. The highest BCUT2D eigenvalue weighted by molar-refractivity contribution is 7.92. The number of benzene rings is 2. The fraction of sp³-hybridized carbons (Fsp3) is 0.318. The molecule has 2 aliphatic rings. The number of fused-ring (bicyclic) bond motifs is 1. The number of nitrogens with one attached hydrogen (secondary N) is 3. The van der Waals surface area contributed by atoms with Crippen molar-refractivity contribution < 1.29 is 13.2 Å². The number of aromatic amines is 1. The number of anilines is 2. The molecule has 3 aromatic rings. The van der Waals surface area contributed by atoms with Gasteiger partial charge in [-0.2, -0.15) is 5.10 Å². The smallest absolute Gasteiger partial charge is 0.319 e. The third kappa shape index (κ3) is 4.31. The van der Waals surface area contributed by atoms with E-state index in [4.69, 9.17) is 0 Å². The summed E-state index contributed by atoms with van der Waals surface area (Å²) in [5.41, 5.74) is 3.21. The molecule has 5 rings (SSSR count). The first-order valence-corrected chi connectivity index (χ1v) is 12.3. The molecule has 0 atom stereocenters. The average molecular weight is 453 g/mol. The molecule has 0 radical (unpaired) electrons. The van der Waals surface area contributed by atoms with Gasteiger partial charge in [0.15, 0.2) is 5.82 Å². The summed E-state index contributed by atoms with van der Waals surface area (Å²) in [5.74, 6) is 1.90. The molecule has 0 unspecified atom stereocenters. The fourth-order valence-electron chi connectivity index (χ4n) is 3.82. The zero-order chi connectivity index (χ0) is 22.1. The molecular weight excluding hydrogens is 428 g/mol. The van der Waals surface area contributed by atoms with Crippen LogP contribution in [0.15, 0.2) is 48.5 Å². The van der Waals surface area contributed by atoms with Gasteiger partial charge in [0.05, 0.1) is 11.4 Å². The van der Waals surface area contributed by atoms with E-state index in [1.807, 2.05) is 36.4 Å². The molecule has 2 amide bonds. The topological polar surface area (TPSA) is 120 Å². The largest absolute Gasteiger partial charge is 0.337 e. The number of H-pyrrole nitrogens is 1. The number of sulfonamides is 1. The number of aromatic nitrogens is 3. The molecule has 1 aromatic heterocycles. The number of urea groups is 1. The van der Waals surface area contributed by atoms with Gasteiger partial charge in [-0.1, -0.05) is 18.2 Å². The van der Waals surface area contributed by atoms with E-state index in [2.05, 4.69) is 25.8 Å². The maximum absolute atomic E-state index is 12.7. The summed E-state index contributed by atoms with van der Waals surface area (Å²) in [6.45, 7) is 0.458. The van der Waals surface area contributed by atoms with Crippen molar-refractivity contribution >= 4 is 27.4 Å². The van der Waals surface area contributed by atoms with Crippen LogP contribution in [0.25, 0.3) is 11.4 Å². The lowest BCUT2D eigenvalue weighted by molar-refractivity contribution is 0.252. The first-order chi connectivity index (χ1) is 15.5. The number of nitrogens with zero attached hydrogens (tertiary/aromatic N) is 3. The Morgan fingerprint density at radius 1 is 1.12 bits per heavy atom. The minimum Gasteiger partial charge on any atom is -0.337 e. The van der Waals surface area contributed by atoms with Gasteiger partial charge in [0, 0.05) is 30.3 Å². The molecule has 1 aliphatic heterocycles. The summed E-state index contributed by atoms with van der Waals surface area (Å²) >= 11 is 0. The lowest BCUT2D eigenvalue weighted by atomic mass is 10.2. The normalized spacial score (nSPS) is 15.4. The summed E-state index contributed by atoms with van der Waals surface area (Å²) in [7, 11) is -3.50. The van der Waals surface area contributed by atoms with Crippen LogP contribution >= 0.6 is 0 Å². The van der Waals surface area contributed by atoms with E-state index in [1.165, 1.54) is 4.31 Å². The molecule has 32 heavy (non-hydrogen) atoms. The van der Waals surface area contributed by atoms with Crippen molar-refractivity contribution in [2.75, 3.05) is 28.5 Å². The van der Waals surface area contributed by atoms with Gasteiger partial charge in [0.2, 0.25) is 10.0 Å². The van der Waals surface area contributed by atoms with E-state index in [0.29, 0.717) is 30.4 Å². The summed E-state index contributed by atoms with van der Waals surface area (Å²) in [6.07, 6.45) is 3.01. The minimum atomic E-state index is -3.50. The Morgan fingerprint density at radius 3 is 2.69 bits per heavy atom. The van der Waals surface area contributed by atoms with Crippen molar-refractivity contribution in [3.8, 4) is 11.4 Å². The van der Waals surface area contributed by atoms with Gasteiger partial charge in [0.1, 0.15) is 5.82 Å². The zero-order valence-electron chi connectivity index (χ0n) is 17.4. The molecule has 1 aliphatic carbocycles. The second kappa shape index (κ2) is 8.27. The molecule has 2 heterocycles. The van der Waals surface area contributed by atoms with Crippen molar-refractivity contribution in [3.05, 3.63) is 59.9 Å². The molecule has 0 saturated heterocycles. The Morgan fingerprint density at radius 2 is 1.91 bits per heavy atom.